The second-order valence-electron chi connectivity index (χ2n) is 5.25. The summed E-state index contributed by atoms with van der Waals surface area (Å²) in [4.78, 5) is 28.1. The van der Waals surface area contributed by atoms with Gasteiger partial charge in [-0.3, -0.25) is 4.79 Å². The van der Waals surface area contributed by atoms with Gasteiger partial charge in [-0.2, -0.15) is 0 Å². The van der Waals surface area contributed by atoms with Gasteiger partial charge in [0.25, 0.3) is 0 Å². The van der Waals surface area contributed by atoms with Gasteiger partial charge in [0.15, 0.2) is 0 Å². The number of nitrogens with one attached hydrogen (secondary N) is 1. The van der Waals surface area contributed by atoms with Crippen molar-refractivity contribution < 1.29 is 14.3 Å². The first-order chi connectivity index (χ1) is 11.7. The Balaban J connectivity index is 2.08. The van der Waals surface area contributed by atoms with Gasteiger partial charge in [-0.25, -0.2) is 4.79 Å². The molecular weight excluding hydrogens is 302 g/mol. The quantitative estimate of drug-likeness (QED) is 0.569. The van der Waals surface area contributed by atoms with Crippen molar-refractivity contribution in [1.29, 1.82) is 0 Å². The van der Waals surface area contributed by atoms with Crippen molar-refractivity contribution in [1.82, 2.24) is 4.98 Å². The maximum absolute atomic E-state index is 12.8. The van der Waals surface area contributed by atoms with E-state index in [1.807, 2.05) is 36.4 Å². The zero-order valence-electron chi connectivity index (χ0n) is 13.3. The molecule has 1 aromatic heterocycles. The van der Waals surface area contributed by atoms with Crippen LogP contribution in [0.4, 0.5) is 0 Å². The summed E-state index contributed by atoms with van der Waals surface area (Å²) >= 11 is 0. The molecule has 0 unspecified atom stereocenters. The molecule has 2 aromatic carbocycles. The van der Waals surface area contributed by atoms with Gasteiger partial charge < -0.3 is 9.72 Å². The van der Waals surface area contributed by atoms with Crippen LogP contribution in [-0.2, 0) is 4.74 Å². The number of aromatic nitrogens is 1. The minimum absolute atomic E-state index is 0.235. The summed E-state index contributed by atoms with van der Waals surface area (Å²) < 4.78 is 5.09. The van der Waals surface area contributed by atoms with E-state index in [1.54, 1.807) is 37.3 Å². The van der Waals surface area contributed by atoms with Gasteiger partial charge in [0.2, 0.25) is 5.78 Å². The summed E-state index contributed by atoms with van der Waals surface area (Å²) in [6, 6.07) is 20.1. The summed E-state index contributed by atoms with van der Waals surface area (Å²) in [7, 11) is 0. The maximum atomic E-state index is 12.8. The number of esters is 1. The number of rotatable bonds is 5. The van der Waals surface area contributed by atoms with Gasteiger partial charge >= 0.3 is 5.97 Å². The Hall–Kier alpha value is -3.14. The van der Waals surface area contributed by atoms with Crippen molar-refractivity contribution in [2.24, 2.45) is 0 Å². The molecule has 0 aliphatic heterocycles. The molecule has 0 fully saturated rings. The van der Waals surface area contributed by atoms with Crippen LogP contribution in [0.1, 0.15) is 33.3 Å². The van der Waals surface area contributed by atoms with Crippen molar-refractivity contribution in [3.8, 4) is 11.3 Å². The van der Waals surface area contributed by atoms with Crippen molar-refractivity contribution in [2.75, 3.05) is 6.61 Å². The van der Waals surface area contributed by atoms with Gasteiger partial charge in [-0.05, 0) is 18.6 Å². The Morgan fingerprint density at radius 3 is 2.21 bits per heavy atom. The Kier molecular flexibility index (Phi) is 4.57. The average Bonchev–Trinajstić information content (AvgIpc) is 3.08. The molecule has 4 nitrogen and oxygen atoms in total. The maximum Gasteiger partial charge on any atom is 0.340 e. The van der Waals surface area contributed by atoms with Crippen LogP contribution in [0.5, 0.6) is 0 Å². The van der Waals surface area contributed by atoms with Crippen molar-refractivity contribution in [2.45, 2.75) is 6.92 Å². The van der Waals surface area contributed by atoms with Crippen LogP contribution in [0.3, 0.4) is 0 Å². The zero-order valence-corrected chi connectivity index (χ0v) is 13.3. The summed E-state index contributed by atoms with van der Waals surface area (Å²) in [6.07, 6.45) is 0. The highest BCUT2D eigenvalue weighted by atomic mass is 16.5. The van der Waals surface area contributed by atoms with Gasteiger partial charge in [0.05, 0.1) is 12.2 Å². The van der Waals surface area contributed by atoms with Gasteiger partial charge in [0, 0.05) is 11.3 Å². The number of hydrogen-bond acceptors (Lipinski definition) is 3. The van der Waals surface area contributed by atoms with Crippen LogP contribution >= 0.6 is 0 Å². The lowest BCUT2D eigenvalue weighted by Crippen LogP contribution is -2.11. The van der Waals surface area contributed by atoms with Gasteiger partial charge in [-0.1, -0.05) is 60.7 Å². The molecule has 0 bridgehead atoms. The molecule has 0 radical (unpaired) electrons. The number of aromatic amines is 1. The monoisotopic (exact) mass is 319 g/mol. The highest BCUT2D eigenvalue weighted by molar-refractivity contribution is 6.14. The summed E-state index contributed by atoms with van der Waals surface area (Å²) in [5.74, 6) is -0.740. The molecule has 3 aromatic rings. The predicted octanol–water partition coefficient (Wildman–Crippen LogP) is 4.09. The SMILES string of the molecule is CCOC(=O)c1cc(-c2ccccc2)[nH]c1C(=O)c1ccccc1. The van der Waals surface area contributed by atoms with E-state index in [0.29, 0.717) is 11.3 Å². The topological polar surface area (TPSA) is 59.2 Å². The van der Waals surface area contributed by atoms with Crippen molar-refractivity contribution in [3.63, 3.8) is 0 Å². The molecule has 24 heavy (non-hydrogen) atoms. The normalized spacial score (nSPS) is 10.4. The molecule has 0 aliphatic rings. The second kappa shape index (κ2) is 6.96. The number of hydrogen-bond donors (Lipinski definition) is 1. The summed E-state index contributed by atoms with van der Waals surface area (Å²) in [5.41, 5.74) is 2.63. The second-order valence-corrected chi connectivity index (χ2v) is 5.25. The highest BCUT2D eigenvalue weighted by Gasteiger charge is 2.23. The van der Waals surface area contributed by atoms with E-state index in [0.717, 1.165) is 5.56 Å². The van der Waals surface area contributed by atoms with E-state index in [1.165, 1.54) is 0 Å². The zero-order chi connectivity index (χ0) is 16.9. The third kappa shape index (κ3) is 3.13. The predicted molar refractivity (Wildman–Crippen MR) is 92.1 cm³/mol. The number of carbonyl (C=O) groups is 2. The fourth-order valence-corrected chi connectivity index (χ4v) is 2.51. The molecule has 1 heterocycles. The lowest BCUT2D eigenvalue weighted by atomic mass is 10.1. The molecule has 0 spiro atoms. The number of benzene rings is 2. The van der Waals surface area contributed by atoms with Crippen LogP contribution in [0.2, 0.25) is 0 Å². The van der Waals surface area contributed by atoms with Gasteiger partial charge in [0.1, 0.15) is 5.69 Å². The third-order valence-corrected chi connectivity index (χ3v) is 3.66. The van der Waals surface area contributed by atoms with E-state index in [-0.39, 0.29) is 23.6 Å². The van der Waals surface area contributed by atoms with E-state index < -0.39 is 5.97 Å². The van der Waals surface area contributed by atoms with Crippen molar-refractivity contribution in [3.05, 3.63) is 83.6 Å². The molecule has 0 amide bonds. The molecule has 0 saturated carbocycles. The Morgan fingerprint density at radius 2 is 1.58 bits per heavy atom. The summed E-state index contributed by atoms with van der Waals surface area (Å²) in [6.45, 7) is 1.99. The lowest BCUT2D eigenvalue weighted by molar-refractivity contribution is 0.0523. The van der Waals surface area contributed by atoms with Crippen LogP contribution in [0, 0.1) is 0 Å². The fourth-order valence-electron chi connectivity index (χ4n) is 2.51. The molecule has 0 atom stereocenters. The molecule has 0 saturated heterocycles. The number of H-pyrrole nitrogens is 1. The number of ketones is 1. The molecule has 1 N–H and O–H groups in total. The van der Waals surface area contributed by atoms with E-state index in [9.17, 15) is 9.59 Å². The minimum Gasteiger partial charge on any atom is -0.462 e. The average molecular weight is 319 g/mol. The van der Waals surface area contributed by atoms with Crippen LogP contribution in [-0.4, -0.2) is 23.3 Å². The first-order valence-corrected chi connectivity index (χ1v) is 7.76. The first kappa shape index (κ1) is 15.7. The molecule has 0 aliphatic carbocycles. The van der Waals surface area contributed by atoms with Crippen LogP contribution < -0.4 is 0 Å². The minimum atomic E-state index is -0.504. The smallest absolute Gasteiger partial charge is 0.340 e. The summed E-state index contributed by atoms with van der Waals surface area (Å²) in [5, 5.41) is 0. The Bertz CT molecular complexity index is 851. The van der Waals surface area contributed by atoms with Crippen LogP contribution in [0.25, 0.3) is 11.3 Å². The third-order valence-electron chi connectivity index (χ3n) is 3.66. The van der Waals surface area contributed by atoms with Crippen LogP contribution in [0.15, 0.2) is 66.7 Å². The molecular formula is C20H17NO3. The largest absolute Gasteiger partial charge is 0.462 e. The number of carbonyl (C=O) groups excluding carboxylic acids is 2. The standard InChI is InChI=1S/C20H17NO3/c1-2-24-20(23)16-13-17(14-9-5-3-6-10-14)21-18(16)19(22)15-11-7-4-8-12-15/h3-13,21H,2H2,1H3. The lowest BCUT2D eigenvalue weighted by Gasteiger charge is -2.03. The fraction of sp³-hybridized carbons (Fsp3) is 0.100. The Labute approximate surface area is 140 Å². The van der Waals surface area contributed by atoms with E-state index >= 15 is 0 Å². The van der Waals surface area contributed by atoms with E-state index in [2.05, 4.69) is 4.98 Å². The highest BCUT2D eigenvalue weighted by Crippen LogP contribution is 2.24. The molecule has 4 heteroatoms. The van der Waals surface area contributed by atoms with Crippen molar-refractivity contribution >= 4 is 11.8 Å². The Morgan fingerprint density at radius 1 is 0.958 bits per heavy atom. The molecule has 3 rings (SSSR count). The molecule has 120 valence electrons. The van der Waals surface area contributed by atoms with Gasteiger partial charge in [-0.15, -0.1) is 0 Å². The number of ether oxygens (including phenoxy) is 1. The first-order valence-electron chi connectivity index (χ1n) is 7.76. The van der Waals surface area contributed by atoms with E-state index in [4.69, 9.17) is 4.74 Å².